The van der Waals surface area contributed by atoms with Crippen molar-refractivity contribution in [1.82, 2.24) is 0 Å². The van der Waals surface area contributed by atoms with E-state index in [-0.39, 0.29) is 6.04 Å². The molecule has 1 aromatic rings. The van der Waals surface area contributed by atoms with Gasteiger partial charge in [-0.1, -0.05) is 12.1 Å². The van der Waals surface area contributed by atoms with E-state index < -0.39 is 11.7 Å². The van der Waals surface area contributed by atoms with Gasteiger partial charge in [-0.25, -0.2) is 0 Å². The van der Waals surface area contributed by atoms with Crippen molar-refractivity contribution >= 4 is 11.8 Å². The average molecular weight is 275 g/mol. The van der Waals surface area contributed by atoms with Gasteiger partial charge in [0.15, 0.2) is 0 Å². The van der Waals surface area contributed by atoms with Crippen molar-refractivity contribution in [3.05, 3.63) is 35.4 Å². The van der Waals surface area contributed by atoms with E-state index in [9.17, 15) is 13.2 Å². The minimum Gasteiger partial charge on any atom is -0.327 e. The van der Waals surface area contributed by atoms with Gasteiger partial charge in [-0.2, -0.15) is 24.9 Å². The quantitative estimate of drug-likeness (QED) is 0.915. The Balaban J connectivity index is 1.97. The maximum Gasteiger partial charge on any atom is 0.416 e. The molecule has 2 unspecified atom stereocenters. The molecule has 1 heterocycles. The molecule has 0 aliphatic carbocycles. The number of halogens is 3. The number of benzene rings is 1. The molecule has 2 rings (SSSR count). The standard InChI is InChI=1S/C13H16F3NS/c14-13(15,16)11-3-1-9(2-4-11)7-12(17)10-5-6-18-8-10/h1-4,10,12H,5-8,17H2. The van der Waals surface area contributed by atoms with Crippen LogP contribution in [0.1, 0.15) is 17.5 Å². The Morgan fingerprint density at radius 2 is 1.94 bits per heavy atom. The van der Waals surface area contributed by atoms with Gasteiger partial charge in [-0.3, -0.25) is 0 Å². The Bertz CT molecular complexity index is 382. The Kier molecular flexibility index (Phi) is 4.22. The number of rotatable bonds is 3. The van der Waals surface area contributed by atoms with Crippen molar-refractivity contribution in [1.29, 1.82) is 0 Å². The zero-order valence-corrected chi connectivity index (χ0v) is 10.7. The van der Waals surface area contributed by atoms with Crippen LogP contribution in [0.4, 0.5) is 13.2 Å². The van der Waals surface area contributed by atoms with E-state index in [4.69, 9.17) is 5.73 Å². The third-order valence-electron chi connectivity index (χ3n) is 3.32. The molecule has 0 radical (unpaired) electrons. The largest absolute Gasteiger partial charge is 0.416 e. The monoisotopic (exact) mass is 275 g/mol. The molecular weight excluding hydrogens is 259 g/mol. The van der Waals surface area contributed by atoms with Crippen LogP contribution < -0.4 is 5.73 Å². The van der Waals surface area contributed by atoms with Crippen molar-refractivity contribution < 1.29 is 13.2 Å². The highest BCUT2D eigenvalue weighted by atomic mass is 32.2. The number of alkyl halides is 3. The van der Waals surface area contributed by atoms with Crippen molar-refractivity contribution in [3.63, 3.8) is 0 Å². The summed E-state index contributed by atoms with van der Waals surface area (Å²) < 4.78 is 37.2. The smallest absolute Gasteiger partial charge is 0.327 e. The second-order valence-corrected chi connectivity index (χ2v) is 5.84. The average Bonchev–Trinajstić information content (AvgIpc) is 2.82. The van der Waals surface area contributed by atoms with E-state index in [2.05, 4.69) is 0 Å². The van der Waals surface area contributed by atoms with Crippen molar-refractivity contribution in [2.75, 3.05) is 11.5 Å². The van der Waals surface area contributed by atoms with Gasteiger partial charge in [0.2, 0.25) is 0 Å². The molecule has 1 aliphatic rings. The Labute approximate surface area is 109 Å². The molecule has 2 atom stereocenters. The minimum atomic E-state index is -4.26. The van der Waals surface area contributed by atoms with E-state index in [0.717, 1.165) is 35.6 Å². The summed E-state index contributed by atoms with van der Waals surface area (Å²) in [5, 5.41) is 0. The van der Waals surface area contributed by atoms with Crippen LogP contribution in [0.15, 0.2) is 24.3 Å². The van der Waals surface area contributed by atoms with Gasteiger partial charge in [-0.15, -0.1) is 0 Å². The van der Waals surface area contributed by atoms with E-state index >= 15 is 0 Å². The number of hydrogen-bond donors (Lipinski definition) is 1. The number of thioether (sulfide) groups is 1. The molecule has 1 saturated heterocycles. The lowest BCUT2D eigenvalue weighted by Crippen LogP contribution is -2.32. The predicted molar refractivity (Wildman–Crippen MR) is 68.6 cm³/mol. The van der Waals surface area contributed by atoms with E-state index in [1.807, 2.05) is 11.8 Å². The van der Waals surface area contributed by atoms with Crippen molar-refractivity contribution in [2.24, 2.45) is 11.7 Å². The first-order valence-corrected chi connectivity index (χ1v) is 7.12. The molecule has 1 nitrogen and oxygen atoms in total. The summed E-state index contributed by atoms with van der Waals surface area (Å²) >= 11 is 1.90. The summed E-state index contributed by atoms with van der Waals surface area (Å²) in [6, 6.07) is 5.38. The summed E-state index contributed by atoms with van der Waals surface area (Å²) in [6.45, 7) is 0. The number of hydrogen-bond acceptors (Lipinski definition) is 2. The molecule has 1 aromatic carbocycles. The van der Waals surface area contributed by atoms with Crippen LogP contribution in [0.5, 0.6) is 0 Å². The fourth-order valence-corrected chi connectivity index (χ4v) is 3.51. The summed E-state index contributed by atoms with van der Waals surface area (Å²) in [5.41, 5.74) is 6.38. The van der Waals surface area contributed by atoms with Gasteiger partial charge >= 0.3 is 6.18 Å². The van der Waals surface area contributed by atoms with Crippen LogP contribution in [0.25, 0.3) is 0 Å². The minimum absolute atomic E-state index is 0.0525. The summed E-state index contributed by atoms with van der Waals surface area (Å²) in [4.78, 5) is 0. The molecule has 5 heteroatoms. The lowest BCUT2D eigenvalue weighted by atomic mass is 9.93. The maximum atomic E-state index is 12.4. The molecule has 0 amide bonds. The molecule has 18 heavy (non-hydrogen) atoms. The molecular formula is C13H16F3NS. The highest BCUT2D eigenvalue weighted by molar-refractivity contribution is 7.99. The zero-order chi connectivity index (χ0) is 13.2. The lowest BCUT2D eigenvalue weighted by Gasteiger charge is -2.18. The summed E-state index contributed by atoms with van der Waals surface area (Å²) in [7, 11) is 0. The van der Waals surface area contributed by atoms with Gasteiger partial charge in [0.05, 0.1) is 5.56 Å². The molecule has 1 aliphatic heterocycles. The SMILES string of the molecule is NC(Cc1ccc(C(F)(F)F)cc1)C1CCSC1. The van der Waals surface area contributed by atoms with Crippen LogP contribution in [-0.2, 0) is 12.6 Å². The van der Waals surface area contributed by atoms with E-state index in [1.165, 1.54) is 12.1 Å². The van der Waals surface area contributed by atoms with Gasteiger partial charge in [0.1, 0.15) is 0 Å². The zero-order valence-electron chi connectivity index (χ0n) is 9.91. The third-order valence-corrected chi connectivity index (χ3v) is 4.51. The van der Waals surface area contributed by atoms with Crippen molar-refractivity contribution in [3.8, 4) is 0 Å². The predicted octanol–water partition coefficient (Wildman–Crippen LogP) is 3.33. The first kappa shape index (κ1) is 13.7. The molecule has 100 valence electrons. The van der Waals surface area contributed by atoms with Crippen LogP contribution >= 0.6 is 11.8 Å². The highest BCUT2D eigenvalue weighted by Crippen LogP contribution is 2.30. The normalized spacial score (nSPS) is 22.1. The first-order valence-electron chi connectivity index (χ1n) is 5.96. The fraction of sp³-hybridized carbons (Fsp3) is 0.538. The van der Waals surface area contributed by atoms with E-state index in [0.29, 0.717) is 12.3 Å². The van der Waals surface area contributed by atoms with Crippen LogP contribution in [-0.4, -0.2) is 17.5 Å². The van der Waals surface area contributed by atoms with Crippen LogP contribution in [0.2, 0.25) is 0 Å². The van der Waals surface area contributed by atoms with Gasteiger partial charge < -0.3 is 5.73 Å². The highest BCUT2D eigenvalue weighted by Gasteiger charge is 2.30. The molecule has 1 fully saturated rings. The molecule has 0 aromatic heterocycles. The fourth-order valence-electron chi connectivity index (χ4n) is 2.16. The van der Waals surface area contributed by atoms with Gasteiger partial charge in [0.25, 0.3) is 0 Å². The molecule has 0 saturated carbocycles. The first-order chi connectivity index (χ1) is 8.47. The Hall–Kier alpha value is -0.680. The van der Waals surface area contributed by atoms with E-state index in [1.54, 1.807) is 0 Å². The van der Waals surface area contributed by atoms with Gasteiger partial charge in [-0.05, 0) is 48.0 Å². The van der Waals surface area contributed by atoms with Crippen LogP contribution in [0.3, 0.4) is 0 Å². The Morgan fingerprint density at radius 3 is 2.44 bits per heavy atom. The maximum absolute atomic E-state index is 12.4. The second-order valence-electron chi connectivity index (χ2n) is 4.69. The summed E-state index contributed by atoms with van der Waals surface area (Å²) in [5.74, 6) is 2.71. The molecule has 0 spiro atoms. The van der Waals surface area contributed by atoms with Crippen molar-refractivity contribution in [2.45, 2.75) is 25.1 Å². The topological polar surface area (TPSA) is 26.0 Å². The third kappa shape index (κ3) is 3.42. The lowest BCUT2D eigenvalue weighted by molar-refractivity contribution is -0.137. The molecule has 2 N–H and O–H groups in total. The summed E-state index contributed by atoms with van der Waals surface area (Å²) in [6.07, 6.45) is -2.49. The van der Waals surface area contributed by atoms with Gasteiger partial charge in [0, 0.05) is 6.04 Å². The van der Waals surface area contributed by atoms with Crippen LogP contribution in [0, 0.1) is 5.92 Å². The Morgan fingerprint density at radius 1 is 1.28 bits per heavy atom. The second kappa shape index (κ2) is 5.53. The molecule has 0 bridgehead atoms. The number of nitrogens with two attached hydrogens (primary N) is 1.